The lowest BCUT2D eigenvalue weighted by Gasteiger charge is -2.05. The van der Waals surface area contributed by atoms with Gasteiger partial charge in [-0.3, -0.25) is 4.79 Å². The molecule has 0 bridgehead atoms. The average molecular weight is 267 g/mol. The van der Waals surface area contributed by atoms with Crippen LogP contribution in [0.15, 0.2) is 18.2 Å². The summed E-state index contributed by atoms with van der Waals surface area (Å²) in [7, 11) is 0. The Bertz CT molecular complexity index is 480. The molecule has 1 aromatic rings. The van der Waals surface area contributed by atoms with Crippen molar-refractivity contribution in [2.75, 3.05) is 23.9 Å². The highest BCUT2D eigenvalue weighted by Gasteiger charge is 2.05. The van der Waals surface area contributed by atoms with Crippen molar-refractivity contribution in [3.05, 3.63) is 29.6 Å². The van der Waals surface area contributed by atoms with Crippen molar-refractivity contribution >= 4 is 23.4 Å². The number of rotatable bonds is 4. The molecule has 18 heavy (non-hydrogen) atoms. The average Bonchev–Trinajstić information content (AvgIpc) is 2.37. The first-order valence-electron chi connectivity index (χ1n) is 5.35. The number of carbonyl (C=O) groups is 1. The molecule has 0 heterocycles. The van der Waals surface area contributed by atoms with Gasteiger partial charge in [0.05, 0.1) is 5.56 Å². The first-order valence-corrected chi connectivity index (χ1v) is 6.75. The van der Waals surface area contributed by atoms with E-state index in [9.17, 15) is 9.18 Å². The number of aliphatic hydroxyl groups is 1. The molecule has 0 aliphatic carbocycles. The number of benzene rings is 1. The summed E-state index contributed by atoms with van der Waals surface area (Å²) in [4.78, 5) is 11.5. The Morgan fingerprint density at radius 1 is 1.56 bits per heavy atom. The standard InChI is InChI=1S/C13H14FNO2S/c1-18-8-6-13(17)15-11-4-5-12(14)10(9-11)3-2-7-16/h4-5,9,16H,6-8H2,1H3,(H,15,17). The number of nitrogens with one attached hydrogen (secondary N) is 1. The van der Waals surface area contributed by atoms with Gasteiger partial charge in [0.25, 0.3) is 0 Å². The van der Waals surface area contributed by atoms with Gasteiger partial charge < -0.3 is 10.4 Å². The van der Waals surface area contributed by atoms with Gasteiger partial charge in [0.1, 0.15) is 12.4 Å². The minimum Gasteiger partial charge on any atom is -0.384 e. The van der Waals surface area contributed by atoms with E-state index in [1.807, 2.05) is 6.26 Å². The van der Waals surface area contributed by atoms with Gasteiger partial charge in [-0.25, -0.2) is 4.39 Å². The fourth-order valence-corrected chi connectivity index (χ4v) is 1.64. The minimum atomic E-state index is -0.474. The normalized spacial score (nSPS) is 9.50. The lowest BCUT2D eigenvalue weighted by Crippen LogP contribution is -2.12. The van der Waals surface area contributed by atoms with Crippen molar-refractivity contribution in [3.63, 3.8) is 0 Å². The summed E-state index contributed by atoms with van der Waals surface area (Å²) in [6.07, 6.45) is 2.34. The SMILES string of the molecule is CSCCC(=O)Nc1ccc(F)c(C#CCO)c1. The number of anilines is 1. The Morgan fingerprint density at radius 2 is 2.33 bits per heavy atom. The second kappa shape index (κ2) is 7.75. The predicted molar refractivity (Wildman–Crippen MR) is 72.0 cm³/mol. The topological polar surface area (TPSA) is 49.3 Å². The zero-order valence-electron chi connectivity index (χ0n) is 10.00. The molecule has 0 radical (unpaired) electrons. The summed E-state index contributed by atoms with van der Waals surface area (Å²) in [6, 6.07) is 4.18. The smallest absolute Gasteiger partial charge is 0.225 e. The van der Waals surface area contributed by atoms with E-state index in [0.717, 1.165) is 5.75 Å². The van der Waals surface area contributed by atoms with E-state index in [1.165, 1.54) is 18.2 Å². The van der Waals surface area contributed by atoms with E-state index in [4.69, 9.17) is 5.11 Å². The second-order valence-corrected chi connectivity index (χ2v) is 4.43. The molecular weight excluding hydrogens is 253 g/mol. The van der Waals surface area contributed by atoms with Crippen LogP contribution in [0.4, 0.5) is 10.1 Å². The van der Waals surface area contributed by atoms with Crippen LogP contribution in [0.2, 0.25) is 0 Å². The number of aliphatic hydroxyl groups excluding tert-OH is 1. The van der Waals surface area contributed by atoms with E-state index in [2.05, 4.69) is 17.2 Å². The van der Waals surface area contributed by atoms with Crippen molar-refractivity contribution in [1.82, 2.24) is 0 Å². The van der Waals surface area contributed by atoms with Crippen molar-refractivity contribution < 1.29 is 14.3 Å². The van der Waals surface area contributed by atoms with Crippen LogP contribution in [0.3, 0.4) is 0 Å². The third-order valence-electron chi connectivity index (χ3n) is 2.09. The lowest BCUT2D eigenvalue weighted by molar-refractivity contribution is -0.115. The van der Waals surface area contributed by atoms with Crippen LogP contribution < -0.4 is 5.32 Å². The first kappa shape index (κ1) is 14.6. The van der Waals surface area contributed by atoms with Gasteiger partial charge in [-0.2, -0.15) is 11.8 Å². The second-order valence-electron chi connectivity index (χ2n) is 3.45. The van der Waals surface area contributed by atoms with Gasteiger partial charge in [0.2, 0.25) is 5.91 Å². The van der Waals surface area contributed by atoms with Crippen LogP contribution in [0, 0.1) is 17.7 Å². The zero-order valence-corrected chi connectivity index (χ0v) is 10.8. The number of hydrogen-bond acceptors (Lipinski definition) is 3. The molecule has 1 aromatic carbocycles. The Hall–Kier alpha value is -1.51. The highest BCUT2D eigenvalue weighted by atomic mass is 32.2. The minimum absolute atomic E-state index is 0.114. The first-order chi connectivity index (χ1) is 8.67. The summed E-state index contributed by atoms with van der Waals surface area (Å²) in [6.45, 7) is -0.330. The molecule has 0 saturated carbocycles. The van der Waals surface area contributed by atoms with Crippen molar-refractivity contribution in [2.45, 2.75) is 6.42 Å². The van der Waals surface area contributed by atoms with Crippen LogP contribution >= 0.6 is 11.8 Å². The van der Waals surface area contributed by atoms with Crippen molar-refractivity contribution in [1.29, 1.82) is 0 Å². The summed E-state index contributed by atoms with van der Waals surface area (Å²) >= 11 is 1.59. The van der Waals surface area contributed by atoms with Gasteiger partial charge >= 0.3 is 0 Å². The molecule has 1 amide bonds. The monoisotopic (exact) mass is 267 g/mol. The molecule has 2 N–H and O–H groups in total. The molecule has 0 aliphatic heterocycles. The maximum absolute atomic E-state index is 13.3. The van der Waals surface area contributed by atoms with Gasteiger partial charge in [-0.1, -0.05) is 11.8 Å². The summed E-state index contributed by atoms with van der Waals surface area (Å²) in [5.74, 6) is 5.01. The largest absolute Gasteiger partial charge is 0.384 e. The highest BCUT2D eigenvalue weighted by molar-refractivity contribution is 7.98. The summed E-state index contributed by atoms with van der Waals surface area (Å²) in [5.41, 5.74) is 0.663. The molecular formula is C13H14FNO2S. The van der Waals surface area contributed by atoms with Gasteiger partial charge in [0, 0.05) is 17.9 Å². The molecule has 0 saturated heterocycles. The highest BCUT2D eigenvalue weighted by Crippen LogP contribution is 2.14. The van der Waals surface area contributed by atoms with E-state index in [1.54, 1.807) is 11.8 Å². The number of thioether (sulfide) groups is 1. The van der Waals surface area contributed by atoms with Crippen LogP contribution in [0.1, 0.15) is 12.0 Å². The Balaban J connectivity index is 2.75. The van der Waals surface area contributed by atoms with E-state index in [0.29, 0.717) is 12.1 Å². The summed E-state index contributed by atoms with van der Waals surface area (Å²) in [5, 5.41) is 11.2. The van der Waals surface area contributed by atoms with E-state index >= 15 is 0 Å². The van der Waals surface area contributed by atoms with Crippen LogP contribution in [-0.4, -0.2) is 29.6 Å². The molecule has 0 atom stereocenters. The van der Waals surface area contributed by atoms with Crippen LogP contribution in [-0.2, 0) is 4.79 Å². The van der Waals surface area contributed by atoms with Crippen LogP contribution in [0.25, 0.3) is 0 Å². The fourth-order valence-electron chi connectivity index (χ4n) is 1.25. The molecule has 3 nitrogen and oxygen atoms in total. The quantitative estimate of drug-likeness (QED) is 0.819. The number of halogens is 1. The molecule has 0 unspecified atom stereocenters. The third-order valence-corrected chi connectivity index (χ3v) is 2.70. The summed E-state index contributed by atoms with van der Waals surface area (Å²) < 4.78 is 13.3. The van der Waals surface area contributed by atoms with E-state index in [-0.39, 0.29) is 18.1 Å². The fraction of sp³-hybridized carbons (Fsp3) is 0.308. The predicted octanol–water partition coefficient (Wildman–Crippen LogP) is 1.86. The maximum atomic E-state index is 13.3. The molecule has 1 rings (SSSR count). The van der Waals surface area contributed by atoms with Crippen molar-refractivity contribution in [3.8, 4) is 11.8 Å². The van der Waals surface area contributed by atoms with Crippen molar-refractivity contribution in [2.24, 2.45) is 0 Å². The molecule has 0 spiro atoms. The zero-order chi connectivity index (χ0) is 13.4. The molecule has 0 aliphatic rings. The number of carbonyl (C=O) groups excluding carboxylic acids is 1. The Kier molecular flexibility index (Phi) is 6.26. The van der Waals surface area contributed by atoms with Gasteiger partial charge in [0.15, 0.2) is 0 Å². The number of hydrogen-bond donors (Lipinski definition) is 2. The van der Waals surface area contributed by atoms with Gasteiger partial charge in [-0.05, 0) is 24.5 Å². The molecule has 5 heteroatoms. The Morgan fingerprint density at radius 3 is 3.00 bits per heavy atom. The van der Waals surface area contributed by atoms with E-state index < -0.39 is 5.82 Å². The molecule has 0 fully saturated rings. The third kappa shape index (κ3) is 4.78. The lowest BCUT2D eigenvalue weighted by atomic mass is 10.2. The number of amides is 1. The molecule has 0 aromatic heterocycles. The maximum Gasteiger partial charge on any atom is 0.225 e. The Labute approximate surface area is 110 Å². The van der Waals surface area contributed by atoms with Gasteiger partial charge in [-0.15, -0.1) is 0 Å². The molecule has 96 valence electrons. The van der Waals surface area contributed by atoms with Crippen LogP contribution in [0.5, 0.6) is 0 Å².